The van der Waals surface area contributed by atoms with Crippen LogP contribution in [0.15, 0.2) is 42.3 Å². The van der Waals surface area contributed by atoms with E-state index in [1.54, 1.807) is 11.3 Å². The fourth-order valence-corrected chi connectivity index (χ4v) is 3.15. The maximum absolute atomic E-state index is 4.67. The van der Waals surface area contributed by atoms with Crippen molar-refractivity contribution in [2.24, 2.45) is 0 Å². The normalized spacial score (nSPS) is 12.8. The highest BCUT2D eigenvalue weighted by atomic mass is 32.1. The first-order valence-electron chi connectivity index (χ1n) is 6.88. The number of nitrogens with zero attached hydrogens (tertiary/aromatic N) is 3. The van der Waals surface area contributed by atoms with E-state index in [0.717, 1.165) is 30.0 Å². The fraction of sp³-hybridized carbons (Fsp3) is 0.333. The molecule has 0 aromatic carbocycles. The van der Waals surface area contributed by atoms with E-state index in [0.29, 0.717) is 6.04 Å². The Morgan fingerprint density at radius 2 is 2.15 bits per heavy atom. The van der Waals surface area contributed by atoms with Crippen LogP contribution in [0.2, 0.25) is 0 Å². The SMILES string of the molecule is CCNC(Cc1ccncc1)Cc1cn2ccsc2n1. The number of rotatable bonds is 6. The lowest BCUT2D eigenvalue weighted by Crippen LogP contribution is -2.33. The van der Waals surface area contributed by atoms with Crippen LogP contribution in [0.5, 0.6) is 0 Å². The Balaban J connectivity index is 1.72. The first-order valence-corrected chi connectivity index (χ1v) is 7.76. The Kier molecular flexibility index (Phi) is 4.08. The van der Waals surface area contributed by atoms with Crippen LogP contribution >= 0.6 is 11.3 Å². The van der Waals surface area contributed by atoms with Gasteiger partial charge in [-0.25, -0.2) is 4.98 Å². The summed E-state index contributed by atoms with van der Waals surface area (Å²) in [6.07, 6.45) is 9.84. The summed E-state index contributed by atoms with van der Waals surface area (Å²) in [7, 11) is 0. The number of nitrogens with one attached hydrogen (secondary N) is 1. The van der Waals surface area contributed by atoms with Crippen molar-refractivity contribution in [3.63, 3.8) is 0 Å². The summed E-state index contributed by atoms with van der Waals surface area (Å²) in [5.41, 5.74) is 2.46. The molecule has 1 atom stereocenters. The van der Waals surface area contributed by atoms with Gasteiger partial charge in [0.2, 0.25) is 0 Å². The molecule has 3 aromatic heterocycles. The third-order valence-electron chi connectivity index (χ3n) is 3.32. The Morgan fingerprint density at radius 1 is 1.30 bits per heavy atom. The number of pyridine rings is 1. The number of imidazole rings is 1. The molecular formula is C15H18N4S. The average molecular weight is 286 g/mol. The second-order valence-corrected chi connectivity index (χ2v) is 5.72. The van der Waals surface area contributed by atoms with Gasteiger partial charge in [-0.15, -0.1) is 11.3 Å². The van der Waals surface area contributed by atoms with E-state index >= 15 is 0 Å². The van der Waals surface area contributed by atoms with Gasteiger partial charge in [-0.2, -0.15) is 0 Å². The molecule has 1 N–H and O–H groups in total. The quantitative estimate of drug-likeness (QED) is 0.757. The van der Waals surface area contributed by atoms with Crippen LogP contribution in [0.25, 0.3) is 4.96 Å². The molecule has 0 saturated heterocycles. The molecule has 104 valence electrons. The largest absolute Gasteiger partial charge is 0.314 e. The summed E-state index contributed by atoms with van der Waals surface area (Å²) in [5.74, 6) is 0. The van der Waals surface area contributed by atoms with Crippen LogP contribution in [0, 0.1) is 0 Å². The molecule has 0 spiro atoms. The Hall–Kier alpha value is -1.72. The van der Waals surface area contributed by atoms with E-state index in [-0.39, 0.29) is 0 Å². The van der Waals surface area contributed by atoms with Crippen molar-refractivity contribution in [2.45, 2.75) is 25.8 Å². The average Bonchev–Trinajstić information content (AvgIpc) is 3.01. The van der Waals surface area contributed by atoms with Crippen LogP contribution in [-0.4, -0.2) is 27.0 Å². The number of hydrogen-bond donors (Lipinski definition) is 1. The first-order chi connectivity index (χ1) is 9.85. The molecule has 0 saturated carbocycles. The van der Waals surface area contributed by atoms with Crippen LogP contribution in [0.4, 0.5) is 0 Å². The van der Waals surface area contributed by atoms with Crippen molar-refractivity contribution < 1.29 is 0 Å². The lowest BCUT2D eigenvalue weighted by Gasteiger charge is -2.16. The predicted octanol–water partition coefficient (Wildman–Crippen LogP) is 2.55. The number of thiazole rings is 1. The highest BCUT2D eigenvalue weighted by Crippen LogP contribution is 2.14. The number of hydrogen-bond acceptors (Lipinski definition) is 4. The highest BCUT2D eigenvalue weighted by molar-refractivity contribution is 7.15. The van der Waals surface area contributed by atoms with Crippen molar-refractivity contribution in [2.75, 3.05) is 6.54 Å². The second-order valence-electron chi connectivity index (χ2n) is 4.84. The van der Waals surface area contributed by atoms with Gasteiger partial charge in [0.25, 0.3) is 0 Å². The van der Waals surface area contributed by atoms with Gasteiger partial charge in [0, 0.05) is 42.6 Å². The zero-order valence-corrected chi connectivity index (χ0v) is 12.3. The Labute approximate surface area is 122 Å². The molecule has 3 aromatic rings. The van der Waals surface area contributed by atoms with E-state index in [1.807, 2.05) is 12.4 Å². The highest BCUT2D eigenvalue weighted by Gasteiger charge is 2.12. The molecule has 0 aliphatic carbocycles. The molecule has 3 rings (SSSR count). The van der Waals surface area contributed by atoms with Gasteiger partial charge in [-0.05, 0) is 30.7 Å². The fourth-order valence-electron chi connectivity index (χ4n) is 2.44. The lowest BCUT2D eigenvalue weighted by molar-refractivity contribution is 0.517. The molecule has 1 unspecified atom stereocenters. The third-order valence-corrected chi connectivity index (χ3v) is 4.09. The van der Waals surface area contributed by atoms with Crippen molar-refractivity contribution >= 4 is 16.3 Å². The maximum atomic E-state index is 4.67. The monoisotopic (exact) mass is 286 g/mol. The van der Waals surface area contributed by atoms with E-state index in [9.17, 15) is 0 Å². The maximum Gasteiger partial charge on any atom is 0.193 e. The van der Waals surface area contributed by atoms with Crippen LogP contribution in [0.1, 0.15) is 18.2 Å². The number of fused-ring (bicyclic) bond motifs is 1. The summed E-state index contributed by atoms with van der Waals surface area (Å²) < 4.78 is 2.09. The van der Waals surface area contributed by atoms with Gasteiger partial charge in [-0.1, -0.05) is 6.92 Å². The molecule has 20 heavy (non-hydrogen) atoms. The topological polar surface area (TPSA) is 42.2 Å². The molecule has 0 amide bonds. The van der Waals surface area contributed by atoms with Crippen molar-refractivity contribution in [3.05, 3.63) is 53.6 Å². The van der Waals surface area contributed by atoms with Gasteiger partial charge >= 0.3 is 0 Å². The van der Waals surface area contributed by atoms with Gasteiger partial charge in [0.1, 0.15) is 0 Å². The molecule has 0 fully saturated rings. The standard InChI is InChI=1S/C15H18N4S/c1-2-17-13(9-12-3-5-16-6-4-12)10-14-11-19-7-8-20-15(19)18-14/h3-8,11,13,17H,2,9-10H2,1H3. The van der Waals surface area contributed by atoms with Crippen molar-refractivity contribution in [1.29, 1.82) is 0 Å². The lowest BCUT2D eigenvalue weighted by atomic mass is 10.0. The van der Waals surface area contributed by atoms with E-state index < -0.39 is 0 Å². The van der Waals surface area contributed by atoms with E-state index in [4.69, 9.17) is 0 Å². The van der Waals surface area contributed by atoms with E-state index in [2.05, 4.69) is 56.5 Å². The molecule has 0 aliphatic heterocycles. The summed E-state index contributed by atoms with van der Waals surface area (Å²) in [4.78, 5) is 9.80. The van der Waals surface area contributed by atoms with Gasteiger partial charge < -0.3 is 5.32 Å². The summed E-state index contributed by atoms with van der Waals surface area (Å²) in [6.45, 7) is 3.11. The number of likely N-dealkylation sites (N-methyl/N-ethyl adjacent to an activating group) is 1. The molecule has 0 radical (unpaired) electrons. The predicted molar refractivity (Wildman–Crippen MR) is 82.2 cm³/mol. The minimum Gasteiger partial charge on any atom is -0.314 e. The summed E-state index contributed by atoms with van der Waals surface area (Å²) in [6, 6.07) is 4.57. The molecule has 5 heteroatoms. The number of aromatic nitrogens is 3. The molecule has 0 aliphatic rings. The first kappa shape index (κ1) is 13.3. The van der Waals surface area contributed by atoms with Gasteiger partial charge in [0.15, 0.2) is 4.96 Å². The minimum atomic E-state index is 0.409. The molecule has 0 bridgehead atoms. The molecular weight excluding hydrogens is 268 g/mol. The van der Waals surface area contributed by atoms with E-state index in [1.165, 1.54) is 5.56 Å². The van der Waals surface area contributed by atoms with Gasteiger partial charge in [-0.3, -0.25) is 9.38 Å². The third kappa shape index (κ3) is 3.05. The van der Waals surface area contributed by atoms with Gasteiger partial charge in [0.05, 0.1) is 5.69 Å². The summed E-state index contributed by atoms with van der Waals surface area (Å²) in [5, 5.41) is 5.61. The zero-order chi connectivity index (χ0) is 13.8. The van der Waals surface area contributed by atoms with Crippen molar-refractivity contribution in [1.82, 2.24) is 19.7 Å². The van der Waals surface area contributed by atoms with Crippen LogP contribution in [-0.2, 0) is 12.8 Å². The Morgan fingerprint density at radius 3 is 2.90 bits per heavy atom. The van der Waals surface area contributed by atoms with Crippen molar-refractivity contribution in [3.8, 4) is 0 Å². The van der Waals surface area contributed by atoms with Crippen LogP contribution < -0.4 is 5.32 Å². The second kappa shape index (κ2) is 6.15. The minimum absolute atomic E-state index is 0.409. The molecule has 4 nitrogen and oxygen atoms in total. The smallest absolute Gasteiger partial charge is 0.193 e. The van der Waals surface area contributed by atoms with Crippen LogP contribution in [0.3, 0.4) is 0 Å². The summed E-state index contributed by atoms with van der Waals surface area (Å²) >= 11 is 1.68. The zero-order valence-electron chi connectivity index (χ0n) is 11.5. The Bertz CT molecular complexity index is 630. The molecule has 3 heterocycles.